The Bertz CT molecular complexity index is 338. The Morgan fingerprint density at radius 3 is 2.25 bits per heavy atom. The minimum atomic E-state index is -4.11. The number of carbonyl (C=O) groups excluding carboxylic acids is 1. The number of rotatable bonds is 3. The number of nitrogens with two attached hydrogens (primary N) is 1. The lowest BCUT2D eigenvalue weighted by Gasteiger charge is -2.29. The van der Waals surface area contributed by atoms with E-state index >= 15 is 0 Å². The first kappa shape index (κ1) is 15.6. The molecule has 1 amide bonds. The molecule has 2 saturated carbocycles. The van der Waals surface area contributed by atoms with Crippen LogP contribution in [0.2, 0.25) is 0 Å². The Labute approximate surface area is 117 Å². The first-order valence-corrected chi connectivity index (χ1v) is 7.46. The van der Waals surface area contributed by atoms with Crippen molar-refractivity contribution in [2.24, 2.45) is 23.5 Å². The third-order valence-corrected chi connectivity index (χ3v) is 4.71. The van der Waals surface area contributed by atoms with Gasteiger partial charge in [-0.15, -0.1) is 0 Å². The van der Waals surface area contributed by atoms with Gasteiger partial charge in [-0.25, -0.2) is 0 Å². The molecule has 20 heavy (non-hydrogen) atoms. The number of hydrogen-bond acceptors (Lipinski definition) is 2. The van der Waals surface area contributed by atoms with E-state index in [2.05, 4.69) is 5.32 Å². The van der Waals surface area contributed by atoms with Crippen molar-refractivity contribution in [1.82, 2.24) is 5.32 Å². The lowest BCUT2D eigenvalue weighted by Crippen LogP contribution is -2.37. The lowest BCUT2D eigenvalue weighted by atomic mass is 9.81. The topological polar surface area (TPSA) is 55.1 Å². The second kappa shape index (κ2) is 6.33. The lowest BCUT2D eigenvalue weighted by molar-refractivity contribution is -0.184. The van der Waals surface area contributed by atoms with Crippen LogP contribution in [0.1, 0.15) is 44.9 Å². The predicted molar refractivity (Wildman–Crippen MR) is 69.8 cm³/mol. The number of hydrogen-bond donors (Lipinski definition) is 2. The van der Waals surface area contributed by atoms with Crippen molar-refractivity contribution in [1.29, 1.82) is 0 Å². The molecule has 116 valence electrons. The Hall–Kier alpha value is -0.780. The first-order chi connectivity index (χ1) is 9.36. The zero-order valence-electron chi connectivity index (χ0n) is 11.6. The second-order valence-electron chi connectivity index (χ2n) is 6.27. The fraction of sp³-hybridized carbons (Fsp3) is 0.929. The summed E-state index contributed by atoms with van der Waals surface area (Å²) in [4.78, 5) is 12.0. The van der Waals surface area contributed by atoms with E-state index in [4.69, 9.17) is 5.73 Å². The zero-order chi connectivity index (χ0) is 14.8. The molecule has 2 atom stereocenters. The van der Waals surface area contributed by atoms with E-state index in [0.29, 0.717) is 25.3 Å². The Morgan fingerprint density at radius 1 is 1.10 bits per heavy atom. The fourth-order valence-corrected chi connectivity index (χ4v) is 3.37. The monoisotopic (exact) mass is 292 g/mol. The summed E-state index contributed by atoms with van der Waals surface area (Å²) in [5.41, 5.74) is 5.81. The van der Waals surface area contributed by atoms with E-state index in [1.807, 2.05) is 0 Å². The van der Waals surface area contributed by atoms with Crippen LogP contribution in [0.3, 0.4) is 0 Å². The summed E-state index contributed by atoms with van der Waals surface area (Å²) in [5.74, 6) is -1.12. The van der Waals surface area contributed by atoms with Gasteiger partial charge >= 0.3 is 6.18 Å². The van der Waals surface area contributed by atoms with Crippen LogP contribution < -0.4 is 11.1 Å². The van der Waals surface area contributed by atoms with Crippen LogP contribution in [0.25, 0.3) is 0 Å². The van der Waals surface area contributed by atoms with Crippen LogP contribution in [0, 0.1) is 17.8 Å². The predicted octanol–water partition coefficient (Wildman–Crippen LogP) is 2.60. The van der Waals surface area contributed by atoms with E-state index in [-0.39, 0.29) is 30.7 Å². The molecule has 2 rings (SSSR count). The Balaban J connectivity index is 1.69. The van der Waals surface area contributed by atoms with Gasteiger partial charge in [-0.05, 0) is 50.9 Å². The van der Waals surface area contributed by atoms with Gasteiger partial charge < -0.3 is 11.1 Å². The van der Waals surface area contributed by atoms with Crippen molar-refractivity contribution in [3.63, 3.8) is 0 Å². The summed E-state index contributed by atoms with van der Waals surface area (Å²) in [5, 5.41) is 2.89. The Morgan fingerprint density at radius 2 is 1.75 bits per heavy atom. The molecular weight excluding hydrogens is 269 g/mol. The van der Waals surface area contributed by atoms with E-state index in [1.165, 1.54) is 0 Å². The van der Waals surface area contributed by atoms with Crippen LogP contribution >= 0.6 is 0 Å². The largest absolute Gasteiger partial charge is 0.391 e. The summed E-state index contributed by atoms with van der Waals surface area (Å²) in [7, 11) is 0. The maximum Gasteiger partial charge on any atom is 0.391 e. The van der Waals surface area contributed by atoms with Gasteiger partial charge in [0.25, 0.3) is 0 Å². The molecule has 2 aliphatic carbocycles. The standard InChI is InChI=1S/C14H23F3N2O/c15-14(16,17)11-4-2-10(3-5-11)13(20)19-8-9-1-6-12(18)7-9/h9-12H,1-8,18H2,(H,19,20). The van der Waals surface area contributed by atoms with Crippen LogP contribution in [0.15, 0.2) is 0 Å². The van der Waals surface area contributed by atoms with Crippen molar-refractivity contribution in [3.8, 4) is 0 Å². The van der Waals surface area contributed by atoms with Gasteiger partial charge in [0.05, 0.1) is 5.92 Å². The molecule has 6 heteroatoms. The summed E-state index contributed by atoms with van der Waals surface area (Å²) in [6.45, 7) is 0.617. The van der Waals surface area contributed by atoms with E-state index < -0.39 is 12.1 Å². The highest BCUT2D eigenvalue weighted by Crippen LogP contribution is 2.39. The van der Waals surface area contributed by atoms with Crippen molar-refractivity contribution in [2.75, 3.05) is 6.54 Å². The molecule has 0 radical (unpaired) electrons. The third kappa shape index (κ3) is 4.11. The van der Waals surface area contributed by atoms with E-state index in [1.54, 1.807) is 0 Å². The number of amides is 1. The van der Waals surface area contributed by atoms with Crippen molar-refractivity contribution in [2.45, 2.75) is 57.2 Å². The van der Waals surface area contributed by atoms with Gasteiger partial charge in [-0.3, -0.25) is 4.79 Å². The molecule has 0 spiro atoms. The van der Waals surface area contributed by atoms with Crippen molar-refractivity contribution >= 4 is 5.91 Å². The SMILES string of the molecule is NC1CCC(CNC(=O)C2CCC(C(F)(F)F)CC2)C1. The molecule has 0 bridgehead atoms. The highest BCUT2D eigenvalue weighted by atomic mass is 19.4. The third-order valence-electron chi connectivity index (χ3n) is 4.71. The number of alkyl halides is 3. The van der Waals surface area contributed by atoms with Crippen LogP contribution in [0.4, 0.5) is 13.2 Å². The molecule has 0 aromatic rings. The van der Waals surface area contributed by atoms with Gasteiger partial charge in [-0.2, -0.15) is 13.2 Å². The van der Waals surface area contributed by atoms with Gasteiger partial charge in [0.1, 0.15) is 0 Å². The minimum absolute atomic E-state index is 0.0777. The molecule has 0 aromatic carbocycles. The molecule has 2 aliphatic rings. The average molecular weight is 292 g/mol. The molecule has 3 nitrogen and oxygen atoms in total. The number of nitrogens with one attached hydrogen (secondary N) is 1. The summed E-state index contributed by atoms with van der Waals surface area (Å²) < 4.78 is 37.6. The highest BCUT2D eigenvalue weighted by Gasteiger charge is 2.42. The van der Waals surface area contributed by atoms with Gasteiger partial charge in [0.2, 0.25) is 5.91 Å². The first-order valence-electron chi connectivity index (χ1n) is 7.46. The fourth-order valence-electron chi connectivity index (χ4n) is 3.37. The van der Waals surface area contributed by atoms with Gasteiger partial charge in [0.15, 0.2) is 0 Å². The minimum Gasteiger partial charge on any atom is -0.356 e. The molecule has 0 heterocycles. The van der Waals surface area contributed by atoms with E-state index in [0.717, 1.165) is 19.3 Å². The molecule has 2 unspecified atom stereocenters. The molecular formula is C14H23F3N2O. The second-order valence-corrected chi connectivity index (χ2v) is 6.27. The van der Waals surface area contributed by atoms with E-state index in [9.17, 15) is 18.0 Å². The molecule has 3 N–H and O–H groups in total. The maximum absolute atomic E-state index is 12.5. The number of halogens is 3. The zero-order valence-corrected chi connectivity index (χ0v) is 11.6. The van der Waals surface area contributed by atoms with Crippen molar-refractivity contribution in [3.05, 3.63) is 0 Å². The highest BCUT2D eigenvalue weighted by molar-refractivity contribution is 5.78. The summed E-state index contributed by atoms with van der Waals surface area (Å²) in [6, 6.07) is 0.235. The van der Waals surface area contributed by atoms with Gasteiger partial charge in [0, 0.05) is 18.5 Å². The average Bonchev–Trinajstić information content (AvgIpc) is 2.81. The summed E-state index contributed by atoms with van der Waals surface area (Å²) in [6.07, 6.45) is -0.297. The maximum atomic E-state index is 12.5. The molecule has 0 aromatic heterocycles. The van der Waals surface area contributed by atoms with Crippen molar-refractivity contribution < 1.29 is 18.0 Å². The smallest absolute Gasteiger partial charge is 0.356 e. The van der Waals surface area contributed by atoms with Crippen LogP contribution in [-0.2, 0) is 4.79 Å². The quantitative estimate of drug-likeness (QED) is 0.840. The summed E-state index contributed by atoms with van der Waals surface area (Å²) >= 11 is 0. The molecule has 2 fully saturated rings. The van der Waals surface area contributed by atoms with Gasteiger partial charge in [-0.1, -0.05) is 0 Å². The van der Waals surface area contributed by atoms with Crippen LogP contribution in [0.5, 0.6) is 0 Å². The van der Waals surface area contributed by atoms with Crippen LogP contribution in [-0.4, -0.2) is 24.7 Å². The number of carbonyl (C=O) groups is 1. The Kier molecular flexibility index (Phi) is 4.94. The normalized spacial score (nSPS) is 35.0. The molecule has 0 aliphatic heterocycles. The molecule has 0 saturated heterocycles.